The molecule has 6 heteroatoms. The predicted octanol–water partition coefficient (Wildman–Crippen LogP) is 1.86. The molecule has 2 rings (SSSR count). The summed E-state index contributed by atoms with van der Waals surface area (Å²) in [5.74, 6) is 0.717. The van der Waals surface area contributed by atoms with Crippen LogP contribution in [0.1, 0.15) is 45.1 Å². The molecule has 0 radical (unpaired) electrons. The number of ketones is 1. The second kappa shape index (κ2) is 5.43. The molecule has 1 aliphatic rings. The maximum Gasteiger partial charge on any atom is 0.210 e. The molecular formula is C10H16N4OS. The van der Waals surface area contributed by atoms with Crippen molar-refractivity contribution in [1.29, 1.82) is 0 Å². The van der Waals surface area contributed by atoms with E-state index in [4.69, 9.17) is 0 Å². The highest BCUT2D eigenvalue weighted by Gasteiger charge is 2.21. The number of hydrogen-bond acceptors (Lipinski definition) is 5. The first-order chi connectivity index (χ1) is 7.81. The first-order valence-electron chi connectivity index (χ1n) is 5.73. The Balaban J connectivity index is 1.98. The summed E-state index contributed by atoms with van der Waals surface area (Å²) in [6, 6.07) is 0.439. The molecule has 0 amide bonds. The van der Waals surface area contributed by atoms with Crippen LogP contribution in [0.25, 0.3) is 0 Å². The zero-order valence-electron chi connectivity index (χ0n) is 9.43. The van der Waals surface area contributed by atoms with Gasteiger partial charge in [-0.05, 0) is 23.3 Å². The lowest BCUT2D eigenvalue weighted by atomic mass is 10.3. The number of tetrazole rings is 1. The molecule has 1 saturated carbocycles. The van der Waals surface area contributed by atoms with Gasteiger partial charge in [0.15, 0.2) is 0 Å². The van der Waals surface area contributed by atoms with E-state index in [0.29, 0.717) is 18.2 Å². The summed E-state index contributed by atoms with van der Waals surface area (Å²) >= 11 is 1.45. The molecule has 0 spiro atoms. The third kappa shape index (κ3) is 2.61. The molecular weight excluding hydrogens is 224 g/mol. The van der Waals surface area contributed by atoms with E-state index in [2.05, 4.69) is 15.5 Å². The summed E-state index contributed by atoms with van der Waals surface area (Å²) in [6.45, 7) is 1.88. The fourth-order valence-electron chi connectivity index (χ4n) is 1.91. The molecule has 0 aromatic carbocycles. The highest BCUT2D eigenvalue weighted by molar-refractivity contribution is 7.99. The van der Waals surface area contributed by atoms with Gasteiger partial charge in [0, 0.05) is 6.42 Å². The summed E-state index contributed by atoms with van der Waals surface area (Å²) in [7, 11) is 0. The molecule has 0 bridgehead atoms. The van der Waals surface area contributed by atoms with Crippen molar-refractivity contribution >= 4 is 17.5 Å². The average molecular weight is 240 g/mol. The Hall–Kier alpha value is -0.910. The summed E-state index contributed by atoms with van der Waals surface area (Å²) in [6.07, 6.45) is 5.39. The molecule has 0 N–H and O–H groups in total. The van der Waals surface area contributed by atoms with E-state index < -0.39 is 0 Å². The minimum atomic E-state index is 0.242. The standard InChI is InChI=1S/C10H16N4OS/c1-2-9(15)7-16-10-11-12-13-14(10)8-5-3-4-6-8/h8H,2-7H2,1H3. The minimum absolute atomic E-state index is 0.242. The lowest BCUT2D eigenvalue weighted by Crippen LogP contribution is -2.09. The fraction of sp³-hybridized carbons (Fsp3) is 0.800. The zero-order chi connectivity index (χ0) is 11.4. The van der Waals surface area contributed by atoms with E-state index >= 15 is 0 Å². The number of nitrogens with zero attached hydrogens (tertiary/aromatic N) is 4. The molecule has 0 unspecified atom stereocenters. The van der Waals surface area contributed by atoms with Crippen LogP contribution in [0.2, 0.25) is 0 Å². The number of carbonyl (C=O) groups is 1. The molecule has 1 aromatic rings. The van der Waals surface area contributed by atoms with Gasteiger partial charge in [0.1, 0.15) is 5.78 Å². The van der Waals surface area contributed by atoms with Crippen LogP contribution in [0, 0.1) is 0 Å². The van der Waals surface area contributed by atoms with Gasteiger partial charge in [-0.3, -0.25) is 4.79 Å². The van der Waals surface area contributed by atoms with E-state index in [0.717, 1.165) is 18.0 Å². The van der Waals surface area contributed by atoms with Crippen molar-refractivity contribution in [3.05, 3.63) is 0 Å². The van der Waals surface area contributed by atoms with Crippen molar-refractivity contribution in [2.24, 2.45) is 0 Å². The van der Waals surface area contributed by atoms with Crippen LogP contribution in [0.3, 0.4) is 0 Å². The predicted molar refractivity (Wildman–Crippen MR) is 61.3 cm³/mol. The largest absolute Gasteiger partial charge is 0.299 e. The first kappa shape index (κ1) is 11.6. The molecule has 1 aliphatic carbocycles. The number of hydrogen-bond donors (Lipinski definition) is 0. The molecule has 0 saturated heterocycles. The van der Waals surface area contributed by atoms with Gasteiger partial charge in [0.25, 0.3) is 0 Å². The van der Waals surface area contributed by atoms with Crippen molar-refractivity contribution in [2.75, 3.05) is 5.75 Å². The molecule has 1 aromatic heterocycles. The molecule has 1 fully saturated rings. The minimum Gasteiger partial charge on any atom is -0.299 e. The Morgan fingerprint density at radius 3 is 2.94 bits per heavy atom. The smallest absolute Gasteiger partial charge is 0.210 e. The van der Waals surface area contributed by atoms with Crippen LogP contribution < -0.4 is 0 Å². The second-order valence-electron chi connectivity index (χ2n) is 4.03. The quantitative estimate of drug-likeness (QED) is 0.735. The molecule has 88 valence electrons. The second-order valence-corrected chi connectivity index (χ2v) is 4.97. The Morgan fingerprint density at radius 2 is 2.25 bits per heavy atom. The first-order valence-corrected chi connectivity index (χ1v) is 6.72. The van der Waals surface area contributed by atoms with Gasteiger partial charge < -0.3 is 0 Å². The Kier molecular flexibility index (Phi) is 3.93. The summed E-state index contributed by atoms with van der Waals surface area (Å²) in [4.78, 5) is 11.2. The third-order valence-electron chi connectivity index (χ3n) is 2.89. The highest BCUT2D eigenvalue weighted by atomic mass is 32.2. The lowest BCUT2D eigenvalue weighted by molar-refractivity contribution is -0.116. The molecule has 0 aliphatic heterocycles. The Bertz CT molecular complexity index is 359. The van der Waals surface area contributed by atoms with Gasteiger partial charge in [-0.15, -0.1) is 5.10 Å². The van der Waals surface area contributed by atoms with Crippen LogP contribution in [0.5, 0.6) is 0 Å². The van der Waals surface area contributed by atoms with E-state index in [9.17, 15) is 4.79 Å². The molecule has 16 heavy (non-hydrogen) atoms. The fourth-order valence-corrected chi connectivity index (χ4v) is 2.81. The van der Waals surface area contributed by atoms with E-state index in [1.807, 2.05) is 11.6 Å². The van der Waals surface area contributed by atoms with Gasteiger partial charge in [-0.25, -0.2) is 4.68 Å². The van der Waals surface area contributed by atoms with Gasteiger partial charge >= 0.3 is 0 Å². The van der Waals surface area contributed by atoms with Crippen LogP contribution in [-0.2, 0) is 4.79 Å². The maximum atomic E-state index is 11.2. The van der Waals surface area contributed by atoms with E-state index in [1.54, 1.807) is 0 Å². The average Bonchev–Trinajstić information content (AvgIpc) is 2.95. The number of thioether (sulfide) groups is 1. The SMILES string of the molecule is CCC(=O)CSc1nnnn1C1CCCC1. The lowest BCUT2D eigenvalue weighted by Gasteiger charge is -2.10. The number of Topliss-reactive ketones (excluding diaryl/α,β-unsaturated/α-hetero) is 1. The van der Waals surface area contributed by atoms with Gasteiger partial charge in [0.2, 0.25) is 5.16 Å². The zero-order valence-corrected chi connectivity index (χ0v) is 10.2. The van der Waals surface area contributed by atoms with Crippen molar-refractivity contribution < 1.29 is 4.79 Å². The molecule has 5 nitrogen and oxygen atoms in total. The van der Waals surface area contributed by atoms with Crippen LogP contribution in [0.15, 0.2) is 5.16 Å². The van der Waals surface area contributed by atoms with Crippen LogP contribution in [0.4, 0.5) is 0 Å². The third-order valence-corrected chi connectivity index (χ3v) is 3.88. The van der Waals surface area contributed by atoms with E-state index in [-0.39, 0.29) is 5.78 Å². The normalized spacial score (nSPS) is 16.8. The summed E-state index contributed by atoms with van der Waals surface area (Å²) in [5.41, 5.74) is 0. The van der Waals surface area contributed by atoms with E-state index in [1.165, 1.54) is 24.6 Å². The Labute approximate surface area is 99.0 Å². The van der Waals surface area contributed by atoms with Gasteiger partial charge in [-0.1, -0.05) is 31.5 Å². The number of carbonyl (C=O) groups excluding carboxylic acids is 1. The van der Waals surface area contributed by atoms with Crippen LogP contribution >= 0.6 is 11.8 Å². The van der Waals surface area contributed by atoms with Gasteiger partial charge in [-0.2, -0.15) is 0 Å². The number of aromatic nitrogens is 4. The summed E-state index contributed by atoms with van der Waals surface area (Å²) in [5, 5.41) is 12.5. The Morgan fingerprint density at radius 1 is 1.50 bits per heavy atom. The van der Waals surface area contributed by atoms with Gasteiger partial charge in [0.05, 0.1) is 11.8 Å². The number of rotatable bonds is 5. The highest BCUT2D eigenvalue weighted by Crippen LogP contribution is 2.31. The van der Waals surface area contributed by atoms with Crippen molar-refractivity contribution in [3.8, 4) is 0 Å². The van der Waals surface area contributed by atoms with Crippen molar-refractivity contribution in [2.45, 2.75) is 50.2 Å². The van der Waals surface area contributed by atoms with Crippen molar-refractivity contribution in [1.82, 2.24) is 20.2 Å². The van der Waals surface area contributed by atoms with Crippen molar-refractivity contribution in [3.63, 3.8) is 0 Å². The molecule has 1 heterocycles. The summed E-state index contributed by atoms with van der Waals surface area (Å²) < 4.78 is 1.89. The topological polar surface area (TPSA) is 60.7 Å². The van der Waals surface area contributed by atoms with Crippen LogP contribution in [-0.4, -0.2) is 31.7 Å². The molecule has 0 atom stereocenters. The monoisotopic (exact) mass is 240 g/mol. The maximum absolute atomic E-state index is 11.2.